The molecule has 1 atom stereocenters. The van der Waals surface area contributed by atoms with Gasteiger partial charge in [-0.3, -0.25) is 9.88 Å². The number of pyridine rings is 1. The van der Waals surface area contributed by atoms with E-state index >= 15 is 0 Å². The Hall–Kier alpha value is -2.24. The molecule has 1 aliphatic carbocycles. The first-order valence-electron chi connectivity index (χ1n) is 8.95. The van der Waals surface area contributed by atoms with E-state index in [-0.39, 0.29) is 11.9 Å². The van der Waals surface area contributed by atoms with Gasteiger partial charge in [-0.2, -0.15) is 0 Å². The molecule has 0 bridgehead atoms. The minimum Gasteiger partial charge on any atom is -0.357 e. The van der Waals surface area contributed by atoms with Crippen LogP contribution in [0.1, 0.15) is 30.9 Å². The number of nitrogens with one attached hydrogen (secondary N) is 1. The molecule has 3 N–H and O–H groups in total. The molecule has 1 aromatic heterocycles. The second-order valence-corrected chi connectivity index (χ2v) is 7.20. The number of halogens is 1. The molecule has 5 rings (SSSR count). The quantitative estimate of drug-likeness (QED) is 0.882. The SMILES string of the molecule is NC1C2=C(CN(C3CCC3)C2)Nc2c(-c3ncccc3F)cccc21. The summed E-state index contributed by atoms with van der Waals surface area (Å²) in [5.74, 6) is -0.312. The predicted octanol–water partition coefficient (Wildman–Crippen LogP) is 3.44. The summed E-state index contributed by atoms with van der Waals surface area (Å²) in [5, 5.41) is 3.57. The van der Waals surface area contributed by atoms with Gasteiger partial charge in [-0.05, 0) is 36.1 Å². The van der Waals surface area contributed by atoms with E-state index < -0.39 is 0 Å². The lowest BCUT2D eigenvalue weighted by Crippen LogP contribution is -2.39. The zero-order chi connectivity index (χ0) is 17.0. The molecule has 0 spiro atoms. The molecular weight excluding hydrogens is 315 g/mol. The van der Waals surface area contributed by atoms with Crippen molar-refractivity contribution < 1.29 is 4.39 Å². The smallest absolute Gasteiger partial charge is 0.149 e. The molecule has 1 aromatic carbocycles. The number of nitrogens with zero attached hydrogens (tertiary/aromatic N) is 2. The Morgan fingerprint density at radius 2 is 2.04 bits per heavy atom. The van der Waals surface area contributed by atoms with Crippen LogP contribution in [0.3, 0.4) is 0 Å². The van der Waals surface area contributed by atoms with Crippen LogP contribution in [0.5, 0.6) is 0 Å². The molecule has 128 valence electrons. The van der Waals surface area contributed by atoms with Crippen LogP contribution in [-0.4, -0.2) is 29.0 Å². The van der Waals surface area contributed by atoms with Gasteiger partial charge < -0.3 is 11.1 Å². The van der Waals surface area contributed by atoms with Crippen LogP contribution >= 0.6 is 0 Å². The normalized spacial score (nSPS) is 23.0. The average Bonchev–Trinajstić information content (AvgIpc) is 2.97. The van der Waals surface area contributed by atoms with Crippen molar-refractivity contribution >= 4 is 5.69 Å². The second-order valence-electron chi connectivity index (χ2n) is 7.20. The summed E-state index contributed by atoms with van der Waals surface area (Å²) in [5.41, 5.74) is 12.1. The Balaban J connectivity index is 1.54. The van der Waals surface area contributed by atoms with Gasteiger partial charge in [0.05, 0.1) is 11.7 Å². The predicted molar refractivity (Wildman–Crippen MR) is 96.4 cm³/mol. The number of nitrogens with two attached hydrogens (primary N) is 1. The summed E-state index contributed by atoms with van der Waals surface area (Å²) in [6, 6.07) is 9.50. The van der Waals surface area contributed by atoms with Gasteiger partial charge in [-0.25, -0.2) is 4.39 Å². The maximum absolute atomic E-state index is 14.3. The van der Waals surface area contributed by atoms with Gasteiger partial charge in [0, 0.05) is 36.6 Å². The standard InChI is InChI=1S/C20H21FN4/c21-16-8-3-9-23-20(16)14-7-2-6-13-18(22)15-10-25(12-4-1-5-12)11-17(15)24-19(13)14/h2-3,6-9,12,18,24H,1,4-5,10-11,22H2. The lowest BCUT2D eigenvalue weighted by atomic mass is 9.90. The molecule has 1 saturated carbocycles. The van der Waals surface area contributed by atoms with E-state index in [0.717, 1.165) is 29.9 Å². The summed E-state index contributed by atoms with van der Waals surface area (Å²) in [4.78, 5) is 6.77. The van der Waals surface area contributed by atoms with E-state index in [4.69, 9.17) is 5.73 Å². The van der Waals surface area contributed by atoms with Crippen LogP contribution in [0.15, 0.2) is 47.8 Å². The van der Waals surface area contributed by atoms with Gasteiger partial charge in [0.2, 0.25) is 0 Å². The van der Waals surface area contributed by atoms with Gasteiger partial charge >= 0.3 is 0 Å². The molecule has 1 unspecified atom stereocenters. The fraction of sp³-hybridized carbons (Fsp3) is 0.350. The number of aromatic nitrogens is 1. The lowest BCUT2D eigenvalue weighted by molar-refractivity contribution is 0.161. The van der Waals surface area contributed by atoms with Crippen molar-refractivity contribution in [1.29, 1.82) is 0 Å². The summed E-state index contributed by atoms with van der Waals surface area (Å²) >= 11 is 0. The van der Waals surface area contributed by atoms with Crippen LogP contribution in [-0.2, 0) is 0 Å². The molecule has 25 heavy (non-hydrogen) atoms. The van der Waals surface area contributed by atoms with Gasteiger partial charge in [0.1, 0.15) is 11.5 Å². The summed E-state index contributed by atoms with van der Waals surface area (Å²) in [6.07, 6.45) is 5.52. The second kappa shape index (κ2) is 5.64. The van der Waals surface area contributed by atoms with E-state index in [2.05, 4.69) is 15.2 Å². The first kappa shape index (κ1) is 15.0. The van der Waals surface area contributed by atoms with Crippen molar-refractivity contribution in [1.82, 2.24) is 9.88 Å². The third kappa shape index (κ3) is 2.30. The van der Waals surface area contributed by atoms with Gasteiger partial charge in [-0.15, -0.1) is 0 Å². The third-order valence-electron chi connectivity index (χ3n) is 5.81. The molecule has 0 saturated heterocycles. The highest BCUT2D eigenvalue weighted by Crippen LogP contribution is 2.43. The Kier molecular flexibility index (Phi) is 3.40. The topological polar surface area (TPSA) is 54.2 Å². The summed E-state index contributed by atoms with van der Waals surface area (Å²) < 4.78 is 14.3. The number of para-hydroxylation sites is 1. The minimum absolute atomic E-state index is 0.136. The molecule has 0 radical (unpaired) electrons. The molecule has 3 heterocycles. The van der Waals surface area contributed by atoms with Crippen LogP contribution in [0.2, 0.25) is 0 Å². The molecule has 0 amide bonds. The zero-order valence-electron chi connectivity index (χ0n) is 14.0. The van der Waals surface area contributed by atoms with Crippen molar-refractivity contribution in [3.63, 3.8) is 0 Å². The number of fused-ring (bicyclic) bond motifs is 1. The Bertz CT molecular complexity index is 872. The monoisotopic (exact) mass is 336 g/mol. The molecule has 1 fully saturated rings. The third-order valence-corrected chi connectivity index (χ3v) is 5.81. The van der Waals surface area contributed by atoms with Gasteiger partial charge in [0.25, 0.3) is 0 Å². The fourth-order valence-electron chi connectivity index (χ4n) is 4.18. The highest BCUT2D eigenvalue weighted by Gasteiger charge is 2.37. The molecule has 3 aliphatic rings. The van der Waals surface area contributed by atoms with E-state index in [9.17, 15) is 4.39 Å². The first-order valence-corrected chi connectivity index (χ1v) is 8.95. The minimum atomic E-state index is -0.312. The van der Waals surface area contributed by atoms with Gasteiger partial charge in [-0.1, -0.05) is 24.6 Å². The maximum atomic E-state index is 14.3. The van der Waals surface area contributed by atoms with E-state index in [1.165, 1.54) is 36.6 Å². The molecule has 5 heteroatoms. The molecule has 2 aromatic rings. The number of rotatable bonds is 2. The van der Waals surface area contributed by atoms with Crippen molar-refractivity contribution in [3.8, 4) is 11.3 Å². The Morgan fingerprint density at radius 1 is 1.16 bits per heavy atom. The van der Waals surface area contributed by atoms with Crippen molar-refractivity contribution in [3.05, 3.63) is 59.2 Å². The Morgan fingerprint density at radius 3 is 2.80 bits per heavy atom. The average molecular weight is 336 g/mol. The van der Waals surface area contributed by atoms with Crippen LogP contribution in [0.25, 0.3) is 11.3 Å². The van der Waals surface area contributed by atoms with E-state index in [0.29, 0.717) is 11.7 Å². The number of hydrogen-bond donors (Lipinski definition) is 2. The van der Waals surface area contributed by atoms with Crippen LogP contribution in [0.4, 0.5) is 10.1 Å². The summed E-state index contributed by atoms with van der Waals surface area (Å²) in [6.45, 7) is 1.85. The summed E-state index contributed by atoms with van der Waals surface area (Å²) in [7, 11) is 0. The largest absolute Gasteiger partial charge is 0.357 e. The first-order chi connectivity index (χ1) is 12.2. The Labute approximate surface area is 146 Å². The van der Waals surface area contributed by atoms with Crippen molar-refractivity contribution in [2.75, 3.05) is 18.4 Å². The highest BCUT2D eigenvalue weighted by atomic mass is 19.1. The maximum Gasteiger partial charge on any atom is 0.149 e. The number of benzene rings is 1. The van der Waals surface area contributed by atoms with E-state index in [1.807, 2.05) is 18.2 Å². The molecule has 4 nitrogen and oxygen atoms in total. The van der Waals surface area contributed by atoms with Crippen molar-refractivity contribution in [2.45, 2.75) is 31.3 Å². The lowest BCUT2D eigenvalue weighted by Gasteiger charge is -2.34. The van der Waals surface area contributed by atoms with Crippen molar-refractivity contribution in [2.24, 2.45) is 5.73 Å². The molecule has 2 aliphatic heterocycles. The number of anilines is 1. The van der Waals surface area contributed by atoms with Gasteiger partial charge in [0.15, 0.2) is 0 Å². The zero-order valence-corrected chi connectivity index (χ0v) is 14.0. The van der Waals surface area contributed by atoms with E-state index in [1.54, 1.807) is 12.3 Å². The number of hydrogen-bond acceptors (Lipinski definition) is 4. The molecular formula is C20H21FN4. The highest BCUT2D eigenvalue weighted by molar-refractivity contribution is 5.82. The fourth-order valence-corrected chi connectivity index (χ4v) is 4.18. The van der Waals surface area contributed by atoms with Crippen LogP contribution < -0.4 is 11.1 Å². The van der Waals surface area contributed by atoms with Crippen LogP contribution in [0, 0.1) is 5.82 Å².